The van der Waals surface area contributed by atoms with Gasteiger partial charge in [-0.05, 0) is 37.9 Å². The van der Waals surface area contributed by atoms with Crippen LogP contribution in [0, 0.1) is 0 Å². The first-order valence-corrected chi connectivity index (χ1v) is 8.18. The minimum absolute atomic E-state index is 0.0617. The molecule has 1 N–H and O–H groups in total. The zero-order chi connectivity index (χ0) is 15.2. The second-order valence-electron chi connectivity index (χ2n) is 5.84. The second-order valence-corrected chi connectivity index (χ2v) is 5.84. The highest BCUT2D eigenvalue weighted by Crippen LogP contribution is 2.22. The molecular weight excluding hydrogens is 280 g/mol. The van der Waals surface area contributed by atoms with E-state index in [1.54, 1.807) is 0 Å². The summed E-state index contributed by atoms with van der Waals surface area (Å²) in [6, 6.07) is 7.53. The van der Waals surface area contributed by atoms with Crippen LogP contribution in [0.25, 0.3) is 0 Å². The number of hydrogen-bond donors (Lipinski definition) is 1. The highest BCUT2D eigenvalue weighted by atomic mass is 16.5. The first kappa shape index (κ1) is 15.3. The van der Waals surface area contributed by atoms with E-state index >= 15 is 0 Å². The number of carbonyl (C=O) groups is 1. The van der Waals surface area contributed by atoms with Gasteiger partial charge >= 0.3 is 0 Å². The van der Waals surface area contributed by atoms with Gasteiger partial charge in [0.2, 0.25) is 0 Å². The van der Waals surface area contributed by atoms with Gasteiger partial charge in [0.25, 0.3) is 5.91 Å². The molecule has 0 aliphatic carbocycles. The molecule has 5 nitrogen and oxygen atoms in total. The molecule has 2 aliphatic rings. The Bertz CT molecular complexity index is 492. The quantitative estimate of drug-likeness (QED) is 0.919. The summed E-state index contributed by atoms with van der Waals surface area (Å²) in [6.07, 6.45) is 3.28. The van der Waals surface area contributed by atoms with Crippen molar-refractivity contribution >= 4 is 5.91 Å². The van der Waals surface area contributed by atoms with Crippen LogP contribution in [0.15, 0.2) is 24.3 Å². The fourth-order valence-electron chi connectivity index (χ4n) is 2.95. The van der Waals surface area contributed by atoms with Gasteiger partial charge in [0.15, 0.2) is 0 Å². The van der Waals surface area contributed by atoms with E-state index in [1.165, 1.54) is 0 Å². The third kappa shape index (κ3) is 3.78. The average molecular weight is 304 g/mol. The fourth-order valence-corrected chi connectivity index (χ4v) is 2.95. The van der Waals surface area contributed by atoms with Crippen LogP contribution in [0.3, 0.4) is 0 Å². The zero-order valence-electron chi connectivity index (χ0n) is 12.9. The third-order valence-corrected chi connectivity index (χ3v) is 4.19. The number of nitrogens with one attached hydrogen (secondary N) is 1. The van der Waals surface area contributed by atoms with E-state index in [0.717, 1.165) is 52.0 Å². The van der Waals surface area contributed by atoms with Crippen LogP contribution in [0.1, 0.15) is 29.6 Å². The lowest BCUT2D eigenvalue weighted by molar-refractivity contribution is 0.0653. The van der Waals surface area contributed by atoms with Crippen molar-refractivity contribution in [3.63, 3.8) is 0 Å². The first-order chi connectivity index (χ1) is 10.8. The van der Waals surface area contributed by atoms with Crippen LogP contribution in [0.5, 0.6) is 5.75 Å². The number of benzene rings is 1. The van der Waals surface area contributed by atoms with E-state index in [9.17, 15) is 4.79 Å². The van der Waals surface area contributed by atoms with E-state index < -0.39 is 0 Å². The van der Waals surface area contributed by atoms with Crippen LogP contribution in [0.4, 0.5) is 0 Å². The van der Waals surface area contributed by atoms with Gasteiger partial charge in [0.1, 0.15) is 12.4 Å². The van der Waals surface area contributed by atoms with E-state index in [-0.39, 0.29) is 12.0 Å². The van der Waals surface area contributed by atoms with Gasteiger partial charge < -0.3 is 19.7 Å². The van der Waals surface area contributed by atoms with Crippen molar-refractivity contribution in [1.29, 1.82) is 0 Å². The van der Waals surface area contributed by atoms with Crippen molar-refractivity contribution in [2.45, 2.75) is 25.4 Å². The molecule has 1 aromatic rings. The molecule has 0 saturated carbocycles. The Labute approximate surface area is 131 Å². The van der Waals surface area contributed by atoms with Gasteiger partial charge in [0, 0.05) is 26.2 Å². The predicted molar refractivity (Wildman–Crippen MR) is 84.3 cm³/mol. The molecule has 2 fully saturated rings. The van der Waals surface area contributed by atoms with Crippen molar-refractivity contribution < 1.29 is 14.3 Å². The second kappa shape index (κ2) is 7.61. The number of carbonyl (C=O) groups excluding carboxylic acids is 1. The van der Waals surface area contributed by atoms with Crippen LogP contribution >= 0.6 is 0 Å². The Hall–Kier alpha value is -1.59. The van der Waals surface area contributed by atoms with Crippen molar-refractivity contribution in [2.75, 3.05) is 39.4 Å². The fraction of sp³-hybridized carbons (Fsp3) is 0.588. The zero-order valence-corrected chi connectivity index (χ0v) is 12.9. The Balaban J connectivity index is 1.67. The summed E-state index contributed by atoms with van der Waals surface area (Å²) < 4.78 is 11.5. The molecule has 0 radical (unpaired) electrons. The van der Waals surface area contributed by atoms with Crippen LogP contribution < -0.4 is 10.1 Å². The first-order valence-electron chi connectivity index (χ1n) is 8.18. The maximum atomic E-state index is 12.8. The minimum Gasteiger partial charge on any atom is -0.490 e. The molecule has 0 spiro atoms. The molecule has 1 amide bonds. The molecule has 2 heterocycles. The molecule has 3 rings (SSSR count). The van der Waals surface area contributed by atoms with Crippen LogP contribution in [-0.2, 0) is 4.74 Å². The number of rotatable bonds is 4. The lowest BCUT2D eigenvalue weighted by atomic mass is 10.1. The maximum Gasteiger partial charge on any atom is 0.257 e. The summed E-state index contributed by atoms with van der Waals surface area (Å²) in [5.41, 5.74) is 0.655. The van der Waals surface area contributed by atoms with Gasteiger partial charge in [-0.1, -0.05) is 12.1 Å². The van der Waals surface area contributed by atoms with E-state index in [1.807, 2.05) is 29.2 Å². The summed E-state index contributed by atoms with van der Waals surface area (Å²) in [5, 5.41) is 3.32. The van der Waals surface area contributed by atoms with E-state index in [2.05, 4.69) is 5.32 Å². The normalized spacial score (nSPS) is 22.4. The van der Waals surface area contributed by atoms with Crippen molar-refractivity contribution in [1.82, 2.24) is 10.2 Å². The van der Waals surface area contributed by atoms with Crippen LogP contribution in [0.2, 0.25) is 0 Å². The standard InChI is InChI=1S/C17H24N2O3/c20-17(19-10-4-8-18-9-11-19)15-6-1-2-7-16(15)22-13-14-5-3-12-21-14/h1-2,6-7,14,18H,3-5,8-13H2. The van der Waals surface area contributed by atoms with Gasteiger partial charge in [0.05, 0.1) is 11.7 Å². The van der Waals surface area contributed by atoms with Crippen molar-refractivity contribution in [3.8, 4) is 5.75 Å². The van der Waals surface area contributed by atoms with Crippen molar-refractivity contribution in [2.24, 2.45) is 0 Å². The summed E-state index contributed by atoms with van der Waals surface area (Å²) in [5.74, 6) is 0.729. The number of hydrogen-bond acceptors (Lipinski definition) is 4. The largest absolute Gasteiger partial charge is 0.490 e. The minimum atomic E-state index is 0.0617. The highest BCUT2D eigenvalue weighted by molar-refractivity contribution is 5.97. The molecular formula is C17H24N2O3. The molecule has 0 aromatic heterocycles. The number of nitrogens with zero attached hydrogens (tertiary/aromatic N) is 1. The highest BCUT2D eigenvalue weighted by Gasteiger charge is 2.22. The maximum absolute atomic E-state index is 12.8. The molecule has 5 heteroatoms. The SMILES string of the molecule is O=C(c1ccccc1OCC1CCCO1)N1CCCNCC1. The van der Waals surface area contributed by atoms with E-state index in [4.69, 9.17) is 9.47 Å². The van der Waals surface area contributed by atoms with Crippen molar-refractivity contribution in [3.05, 3.63) is 29.8 Å². The predicted octanol–water partition coefficient (Wildman–Crippen LogP) is 1.68. The van der Waals surface area contributed by atoms with Gasteiger partial charge in [-0.25, -0.2) is 0 Å². The third-order valence-electron chi connectivity index (χ3n) is 4.19. The number of amides is 1. The average Bonchev–Trinajstić information content (AvgIpc) is 2.93. The van der Waals surface area contributed by atoms with Crippen LogP contribution in [-0.4, -0.2) is 56.3 Å². The lowest BCUT2D eigenvalue weighted by Crippen LogP contribution is -2.34. The number of para-hydroxylation sites is 1. The molecule has 22 heavy (non-hydrogen) atoms. The smallest absolute Gasteiger partial charge is 0.257 e. The summed E-state index contributed by atoms with van der Waals surface area (Å²) in [4.78, 5) is 14.7. The molecule has 1 aromatic carbocycles. The Morgan fingerprint density at radius 2 is 2.18 bits per heavy atom. The molecule has 2 aliphatic heterocycles. The molecule has 120 valence electrons. The Morgan fingerprint density at radius 1 is 1.27 bits per heavy atom. The van der Waals surface area contributed by atoms with E-state index in [0.29, 0.717) is 17.9 Å². The summed E-state index contributed by atoms with van der Waals surface area (Å²) >= 11 is 0. The number of ether oxygens (including phenoxy) is 2. The monoisotopic (exact) mass is 304 g/mol. The topological polar surface area (TPSA) is 50.8 Å². The Kier molecular flexibility index (Phi) is 5.29. The Morgan fingerprint density at radius 3 is 3.05 bits per heavy atom. The summed E-state index contributed by atoms with van der Waals surface area (Å²) in [6.45, 7) is 4.71. The molecule has 1 unspecified atom stereocenters. The molecule has 0 bridgehead atoms. The van der Waals surface area contributed by atoms with Gasteiger partial charge in [-0.3, -0.25) is 4.79 Å². The molecule has 2 saturated heterocycles. The lowest BCUT2D eigenvalue weighted by Gasteiger charge is -2.22. The summed E-state index contributed by atoms with van der Waals surface area (Å²) in [7, 11) is 0. The van der Waals surface area contributed by atoms with Gasteiger partial charge in [-0.2, -0.15) is 0 Å². The van der Waals surface area contributed by atoms with Gasteiger partial charge in [-0.15, -0.1) is 0 Å². The molecule has 1 atom stereocenters.